The second kappa shape index (κ2) is 5.80. The number of ether oxygens (including phenoxy) is 3. The minimum absolute atomic E-state index is 0.205. The van der Waals surface area contributed by atoms with Crippen LogP contribution in [-0.2, 0) is 4.74 Å². The zero-order valence-corrected chi connectivity index (χ0v) is 12.2. The molecule has 0 radical (unpaired) electrons. The molecule has 1 aromatic carbocycles. The lowest BCUT2D eigenvalue weighted by Crippen LogP contribution is -2.42. The molecule has 1 aliphatic heterocycles. The van der Waals surface area contributed by atoms with Crippen LogP contribution >= 0.6 is 0 Å². The zero-order valence-electron chi connectivity index (χ0n) is 12.2. The van der Waals surface area contributed by atoms with Crippen LogP contribution in [0, 0.1) is 0 Å². The molecule has 0 aromatic heterocycles. The van der Waals surface area contributed by atoms with Crippen LogP contribution in [0.4, 0.5) is 0 Å². The van der Waals surface area contributed by atoms with Crippen molar-refractivity contribution in [1.29, 1.82) is 0 Å². The molecule has 2 rings (SSSR count). The van der Waals surface area contributed by atoms with Gasteiger partial charge in [-0.05, 0) is 20.0 Å². The third kappa shape index (κ3) is 3.01. The topological polar surface area (TPSA) is 39.7 Å². The first-order chi connectivity index (χ1) is 9.11. The Morgan fingerprint density at radius 3 is 2.84 bits per heavy atom. The summed E-state index contributed by atoms with van der Waals surface area (Å²) in [7, 11) is 5.38. The van der Waals surface area contributed by atoms with Crippen molar-refractivity contribution in [3.63, 3.8) is 0 Å². The van der Waals surface area contributed by atoms with Crippen molar-refractivity contribution in [3.05, 3.63) is 23.8 Å². The number of fused-ring (bicyclic) bond motifs is 1. The SMILES string of the molecule is CNC1CC(C)(CCOC)Oc2cc(OC)ccc21. The molecule has 0 saturated heterocycles. The lowest BCUT2D eigenvalue weighted by molar-refractivity contribution is 0.0177. The van der Waals surface area contributed by atoms with E-state index in [0.29, 0.717) is 12.6 Å². The van der Waals surface area contributed by atoms with Crippen molar-refractivity contribution < 1.29 is 14.2 Å². The third-order valence-electron chi connectivity index (χ3n) is 3.77. The molecule has 0 amide bonds. The highest BCUT2D eigenvalue weighted by atomic mass is 16.5. The summed E-state index contributed by atoms with van der Waals surface area (Å²) in [6, 6.07) is 6.32. The summed E-state index contributed by atoms with van der Waals surface area (Å²) in [5.74, 6) is 1.73. The normalized spacial score (nSPS) is 25.6. The highest BCUT2D eigenvalue weighted by molar-refractivity contribution is 5.44. The van der Waals surface area contributed by atoms with Crippen LogP contribution in [0.1, 0.15) is 31.4 Å². The van der Waals surface area contributed by atoms with E-state index in [-0.39, 0.29) is 5.60 Å². The van der Waals surface area contributed by atoms with Gasteiger partial charge in [0, 0.05) is 44.2 Å². The molecule has 0 aliphatic carbocycles. The van der Waals surface area contributed by atoms with Gasteiger partial charge < -0.3 is 19.5 Å². The first-order valence-corrected chi connectivity index (χ1v) is 6.65. The third-order valence-corrected chi connectivity index (χ3v) is 3.77. The number of benzene rings is 1. The predicted molar refractivity (Wildman–Crippen MR) is 74.9 cm³/mol. The average molecular weight is 265 g/mol. The van der Waals surface area contributed by atoms with Crippen LogP contribution in [0.5, 0.6) is 11.5 Å². The smallest absolute Gasteiger partial charge is 0.128 e. The molecule has 1 aromatic rings. The summed E-state index contributed by atoms with van der Waals surface area (Å²) >= 11 is 0. The van der Waals surface area contributed by atoms with Gasteiger partial charge in [-0.2, -0.15) is 0 Å². The van der Waals surface area contributed by atoms with E-state index in [1.807, 2.05) is 19.2 Å². The molecule has 1 aliphatic rings. The van der Waals surface area contributed by atoms with Crippen molar-refractivity contribution in [3.8, 4) is 11.5 Å². The van der Waals surface area contributed by atoms with Gasteiger partial charge in [-0.1, -0.05) is 6.07 Å². The second-order valence-corrected chi connectivity index (χ2v) is 5.24. The summed E-state index contributed by atoms with van der Waals surface area (Å²) in [6.07, 6.45) is 1.81. The fourth-order valence-corrected chi connectivity index (χ4v) is 2.60. The van der Waals surface area contributed by atoms with Crippen LogP contribution in [0.3, 0.4) is 0 Å². The number of hydrogen-bond acceptors (Lipinski definition) is 4. The van der Waals surface area contributed by atoms with Crippen molar-refractivity contribution in [2.24, 2.45) is 0 Å². The van der Waals surface area contributed by atoms with E-state index in [0.717, 1.165) is 24.3 Å². The molecule has 2 unspecified atom stereocenters. The van der Waals surface area contributed by atoms with Crippen LogP contribution in [0.25, 0.3) is 0 Å². The van der Waals surface area contributed by atoms with Gasteiger partial charge in [0.15, 0.2) is 0 Å². The lowest BCUT2D eigenvalue weighted by Gasteiger charge is -2.40. The fraction of sp³-hybridized carbons (Fsp3) is 0.600. The van der Waals surface area contributed by atoms with Crippen molar-refractivity contribution in [1.82, 2.24) is 5.32 Å². The summed E-state index contributed by atoms with van der Waals surface area (Å²) < 4.78 is 16.7. The van der Waals surface area contributed by atoms with E-state index in [2.05, 4.69) is 18.3 Å². The molecule has 1 heterocycles. The molecule has 106 valence electrons. The number of hydrogen-bond donors (Lipinski definition) is 1. The van der Waals surface area contributed by atoms with Gasteiger partial charge in [-0.15, -0.1) is 0 Å². The van der Waals surface area contributed by atoms with Crippen LogP contribution in [0.2, 0.25) is 0 Å². The monoisotopic (exact) mass is 265 g/mol. The minimum atomic E-state index is -0.205. The van der Waals surface area contributed by atoms with Crippen molar-refractivity contribution in [2.45, 2.75) is 31.4 Å². The Kier molecular flexibility index (Phi) is 4.32. The molecule has 0 saturated carbocycles. The molecule has 19 heavy (non-hydrogen) atoms. The van der Waals surface area contributed by atoms with Crippen LogP contribution in [-0.4, -0.2) is 33.5 Å². The largest absolute Gasteiger partial charge is 0.497 e. The Hall–Kier alpha value is -1.26. The number of nitrogens with one attached hydrogen (secondary N) is 1. The van der Waals surface area contributed by atoms with E-state index in [1.165, 1.54) is 5.56 Å². The Bertz CT molecular complexity index is 435. The molecular weight excluding hydrogens is 242 g/mol. The molecule has 4 heteroatoms. The number of rotatable bonds is 5. The zero-order chi connectivity index (χ0) is 13.9. The lowest BCUT2D eigenvalue weighted by atomic mass is 9.86. The van der Waals surface area contributed by atoms with E-state index in [9.17, 15) is 0 Å². The maximum Gasteiger partial charge on any atom is 0.128 e. The molecule has 2 atom stereocenters. The van der Waals surface area contributed by atoms with E-state index >= 15 is 0 Å². The molecule has 0 bridgehead atoms. The van der Waals surface area contributed by atoms with Crippen molar-refractivity contribution in [2.75, 3.05) is 27.9 Å². The quantitative estimate of drug-likeness (QED) is 0.888. The molecule has 0 fully saturated rings. The Morgan fingerprint density at radius 2 is 2.21 bits per heavy atom. The highest BCUT2D eigenvalue weighted by Gasteiger charge is 2.36. The summed E-state index contributed by atoms with van der Waals surface area (Å²) in [5.41, 5.74) is 0.987. The summed E-state index contributed by atoms with van der Waals surface area (Å²) in [4.78, 5) is 0. The second-order valence-electron chi connectivity index (χ2n) is 5.24. The standard InChI is InChI=1S/C15H23NO3/c1-15(7-8-17-3)10-13(16-2)12-6-5-11(18-4)9-14(12)19-15/h5-6,9,13,16H,7-8,10H2,1-4H3. The van der Waals surface area contributed by atoms with Crippen LogP contribution in [0.15, 0.2) is 18.2 Å². The van der Waals surface area contributed by atoms with Gasteiger partial charge in [0.25, 0.3) is 0 Å². The van der Waals surface area contributed by atoms with E-state index in [1.54, 1.807) is 14.2 Å². The first-order valence-electron chi connectivity index (χ1n) is 6.65. The summed E-state index contributed by atoms with van der Waals surface area (Å²) in [5, 5.41) is 3.37. The predicted octanol–water partition coefficient (Wildman–Crippen LogP) is 2.53. The Labute approximate surface area is 115 Å². The van der Waals surface area contributed by atoms with Gasteiger partial charge in [-0.3, -0.25) is 0 Å². The van der Waals surface area contributed by atoms with E-state index < -0.39 is 0 Å². The first kappa shape index (κ1) is 14.2. The Balaban J connectivity index is 2.29. The maximum absolute atomic E-state index is 6.20. The van der Waals surface area contributed by atoms with Crippen molar-refractivity contribution >= 4 is 0 Å². The van der Waals surface area contributed by atoms with E-state index in [4.69, 9.17) is 14.2 Å². The average Bonchev–Trinajstić information content (AvgIpc) is 2.43. The van der Waals surface area contributed by atoms with Gasteiger partial charge in [-0.25, -0.2) is 0 Å². The Morgan fingerprint density at radius 1 is 1.42 bits per heavy atom. The molecule has 4 nitrogen and oxygen atoms in total. The molecule has 0 spiro atoms. The van der Waals surface area contributed by atoms with Gasteiger partial charge in [0.05, 0.1) is 7.11 Å². The number of methoxy groups -OCH3 is 2. The van der Waals surface area contributed by atoms with Gasteiger partial charge in [0.1, 0.15) is 17.1 Å². The van der Waals surface area contributed by atoms with Gasteiger partial charge in [0.2, 0.25) is 0 Å². The summed E-state index contributed by atoms with van der Waals surface area (Å²) in [6.45, 7) is 2.84. The minimum Gasteiger partial charge on any atom is -0.497 e. The molecule has 1 N–H and O–H groups in total. The van der Waals surface area contributed by atoms with Crippen LogP contribution < -0.4 is 14.8 Å². The van der Waals surface area contributed by atoms with Gasteiger partial charge >= 0.3 is 0 Å². The molecular formula is C15H23NO3. The maximum atomic E-state index is 6.20. The highest BCUT2D eigenvalue weighted by Crippen LogP contribution is 2.42. The fourth-order valence-electron chi connectivity index (χ4n) is 2.60.